The summed E-state index contributed by atoms with van der Waals surface area (Å²) in [7, 11) is 1.56. The molecule has 0 radical (unpaired) electrons. The molecule has 0 aliphatic carbocycles. The van der Waals surface area contributed by atoms with Crippen molar-refractivity contribution in [2.24, 2.45) is 10.9 Å². The van der Waals surface area contributed by atoms with Crippen LogP contribution in [0.1, 0.15) is 25.8 Å². The second kappa shape index (κ2) is 9.80. The number of anilines is 1. The van der Waals surface area contributed by atoms with Gasteiger partial charge in [-0.1, -0.05) is 55.9 Å². The quantitative estimate of drug-likeness (QED) is 0.703. The van der Waals surface area contributed by atoms with Gasteiger partial charge in [-0.3, -0.25) is 14.5 Å². The van der Waals surface area contributed by atoms with E-state index in [9.17, 15) is 9.59 Å². The van der Waals surface area contributed by atoms with Gasteiger partial charge in [-0.25, -0.2) is 4.99 Å². The maximum atomic E-state index is 13.1. The number of carbonyl (C=O) groups excluding carboxylic acids is 2. The van der Waals surface area contributed by atoms with Crippen molar-refractivity contribution in [3.63, 3.8) is 0 Å². The lowest BCUT2D eigenvalue weighted by molar-refractivity contribution is -0.128. The van der Waals surface area contributed by atoms with E-state index >= 15 is 0 Å². The molecule has 158 valence electrons. The molecule has 2 aromatic carbocycles. The van der Waals surface area contributed by atoms with Crippen LogP contribution >= 0.6 is 11.8 Å². The summed E-state index contributed by atoms with van der Waals surface area (Å²) in [6.45, 7) is 6.68. The van der Waals surface area contributed by atoms with E-state index in [0.717, 1.165) is 11.3 Å². The normalized spacial score (nSPS) is 17.6. The second-order valence-electron chi connectivity index (χ2n) is 7.58. The minimum Gasteiger partial charge on any atom is -0.495 e. The van der Waals surface area contributed by atoms with Crippen LogP contribution in [-0.4, -0.2) is 40.8 Å². The zero-order valence-electron chi connectivity index (χ0n) is 17.7. The molecule has 1 aliphatic heterocycles. The number of hydrogen-bond acceptors (Lipinski definition) is 5. The van der Waals surface area contributed by atoms with Crippen LogP contribution in [0, 0.1) is 12.8 Å². The molecule has 2 amide bonds. The summed E-state index contributed by atoms with van der Waals surface area (Å²) >= 11 is 1.36. The van der Waals surface area contributed by atoms with E-state index in [1.807, 2.05) is 43.3 Å². The Morgan fingerprint density at radius 2 is 1.90 bits per heavy atom. The van der Waals surface area contributed by atoms with Crippen molar-refractivity contribution in [3.8, 4) is 5.75 Å². The van der Waals surface area contributed by atoms with Gasteiger partial charge in [-0.05, 0) is 36.6 Å². The van der Waals surface area contributed by atoms with Crippen LogP contribution in [0.2, 0.25) is 0 Å². The molecule has 2 aromatic rings. The minimum atomic E-state index is -0.499. The summed E-state index contributed by atoms with van der Waals surface area (Å²) in [4.78, 5) is 32.2. The molecule has 1 fully saturated rings. The monoisotopic (exact) mass is 425 g/mol. The number of amides is 2. The number of benzene rings is 2. The third-order valence-electron chi connectivity index (χ3n) is 4.65. The van der Waals surface area contributed by atoms with E-state index in [2.05, 4.69) is 19.2 Å². The Balaban J connectivity index is 1.78. The van der Waals surface area contributed by atoms with Gasteiger partial charge in [0.15, 0.2) is 5.17 Å². The number of rotatable bonds is 7. The van der Waals surface area contributed by atoms with Crippen LogP contribution < -0.4 is 10.1 Å². The van der Waals surface area contributed by atoms with E-state index < -0.39 is 5.25 Å². The molecular formula is C23H27N3O3S. The van der Waals surface area contributed by atoms with Gasteiger partial charge >= 0.3 is 0 Å². The van der Waals surface area contributed by atoms with Gasteiger partial charge < -0.3 is 10.1 Å². The molecule has 1 saturated heterocycles. The number of nitrogens with zero attached hydrogens (tertiary/aromatic N) is 2. The predicted molar refractivity (Wildman–Crippen MR) is 122 cm³/mol. The first kappa shape index (κ1) is 21.9. The Bertz CT molecular complexity index is 958. The maximum Gasteiger partial charge on any atom is 0.242 e. The van der Waals surface area contributed by atoms with Crippen molar-refractivity contribution in [2.75, 3.05) is 19.0 Å². The van der Waals surface area contributed by atoms with Crippen molar-refractivity contribution in [1.82, 2.24) is 4.90 Å². The molecular weight excluding hydrogens is 398 g/mol. The lowest BCUT2D eigenvalue weighted by Gasteiger charge is -2.19. The van der Waals surface area contributed by atoms with Crippen LogP contribution in [0.15, 0.2) is 53.5 Å². The largest absolute Gasteiger partial charge is 0.495 e. The van der Waals surface area contributed by atoms with Gasteiger partial charge in [0.05, 0.1) is 18.5 Å². The molecule has 0 spiro atoms. The Kier molecular flexibility index (Phi) is 7.15. The van der Waals surface area contributed by atoms with E-state index in [4.69, 9.17) is 9.73 Å². The molecule has 1 atom stereocenters. The first-order chi connectivity index (χ1) is 14.4. The predicted octanol–water partition coefficient (Wildman–Crippen LogP) is 4.62. The molecule has 0 saturated carbocycles. The lowest BCUT2D eigenvalue weighted by Crippen LogP contribution is -2.36. The number of thioether (sulfide) groups is 1. The average Bonchev–Trinajstić information content (AvgIpc) is 2.98. The van der Waals surface area contributed by atoms with Crippen molar-refractivity contribution in [1.29, 1.82) is 0 Å². The van der Waals surface area contributed by atoms with Crippen LogP contribution in [0.25, 0.3) is 0 Å². The van der Waals surface area contributed by atoms with Crippen LogP contribution in [0.5, 0.6) is 5.75 Å². The molecule has 0 aromatic heterocycles. The Morgan fingerprint density at radius 3 is 2.60 bits per heavy atom. The summed E-state index contributed by atoms with van der Waals surface area (Å²) in [6, 6.07) is 15.0. The Labute approximate surface area is 181 Å². The van der Waals surface area contributed by atoms with Crippen LogP contribution in [0.4, 0.5) is 11.4 Å². The fourth-order valence-corrected chi connectivity index (χ4v) is 4.33. The first-order valence-corrected chi connectivity index (χ1v) is 10.8. The highest BCUT2D eigenvalue weighted by molar-refractivity contribution is 8.15. The summed E-state index contributed by atoms with van der Waals surface area (Å²) < 4.78 is 5.28. The number of carbonyl (C=O) groups is 2. The van der Waals surface area contributed by atoms with Gasteiger partial charge in [0, 0.05) is 13.0 Å². The number of methoxy groups -OCH3 is 1. The SMILES string of the molecule is COc1ccccc1NC(=O)C[C@H]1SC(=Nc2ccccc2C)N(CC(C)C)C1=O. The number of hydrogen-bond donors (Lipinski definition) is 1. The summed E-state index contributed by atoms with van der Waals surface area (Å²) in [5.74, 6) is 0.570. The van der Waals surface area contributed by atoms with E-state index in [1.54, 1.807) is 24.1 Å². The van der Waals surface area contributed by atoms with E-state index in [1.165, 1.54) is 11.8 Å². The third-order valence-corrected chi connectivity index (χ3v) is 5.83. The summed E-state index contributed by atoms with van der Waals surface area (Å²) in [6.07, 6.45) is 0.0724. The molecule has 3 rings (SSSR count). The van der Waals surface area contributed by atoms with Gasteiger partial charge in [-0.2, -0.15) is 0 Å². The summed E-state index contributed by atoms with van der Waals surface area (Å²) in [5, 5.41) is 3.00. The minimum absolute atomic E-state index is 0.0724. The van der Waals surface area contributed by atoms with Gasteiger partial charge in [-0.15, -0.1) is 0 Å². The number of nitrogens with one attached hydrogen (secondary N) is 1. The molecule has 7 heteroatoms. The van der Waals surface area contributed by atoms with Gasteiger partial charge in [0.2, 0.25) is 11.8 Å². The molecule has 30 heavy (non-hydrogen) atoms. The van der Waals surface area contributed by atoms with E-state index in [-0.39, 0.29) is 24.2 Å². The van der Waals surface area contributed by atoms with Crippen molar-refractivity contribution in [2.45, 2.75) is 32.4 Å². The Morgan fingerprint density at radius 1 is 1.20 bits per heavy atom. The lowest BCUT2D eigenvalue weighted by atomic mass is 10.2. The Hall–Kier alpha value is -2.80. The number of para-hydroxylation sites is 3. The third kappa shape index (κ3) is 5.21. The van der Waals surface area contributed by atoms with Crippen molar-refractivity contribution >= 4 is 40.1 Å². The number of amidine groups is 1. The van der Waals surface area contributed by atoms with Crippen molar-refractivity contribution in [3.05, 3.63) is 54.1 Å². The summed E-state index contributed by atoms with van der Waals surface area (Å²) in [5.41, 5.74) is 2.47. The molecule has 1 N–H and O–H groups in total. The number of aliphatic imine (C=N–C) groups is 1. The highest BCUT2D eigenvalue weighted by Crippen LogP contribution is 2.33. The second-order valence-corrected chi connectivity index (χ2v) is 8.75. The van der Waals surface area contributed by atoms with Crippen LogP contribution in [0.3, 0.4) is 0 Å². The van der Waals surface area contributed by atoms with Gasteiger partial charge in [0.1, 0.15) is 11.0 Å². The highest BCUT2D eigenvalue weighted by Gasteiger charge is 2.39. The maximum absolute atomic E-state index is 13.1. The molecule has 6 nitrogen and oxygen atoms in total. The fourth-order valence-electron chi connectivity index (χ4n) is 3.17. The molecule has 1 aliphatic rings. The zero-order chi connectivity index (χ0) is 21.7. The standard InChI is InChI=1S/C23H27N3O3S/c1-15(2)14-26-22(28)20(30-23(26)25-17-10-6-5-9-16(17)3)13-21(27)24-18-11-7-8-12-19(18)29-4/h5-12,15,20H,13-14H2,1-4H3,(H,24,27)/t20-/m1/s1. The fraction of sp³-hybridized carbons (Fsp3) is 0.348. The van der Waals surface area contributed by atoms with Gasteiger partial charge in [0.25, 0.3) is 0 Å². The number of aryl methyl sites for hydroxylation is 1. The zero-order valence-corrected chi connectivity index (χ0v) is 18.5. The van der Waals surface area contributed by atoms with Crippen LogP contribution in [-0.2, 0) is 9.59 Å². The molecule has 0 bridgehead atoms. The topological polar surface area (TPSA) is 71.0 Å². The highest BCUT2D eigenvalue weighted by atomic mass is 32.2. The first-order valence-electron chi connectivity index (χ1n) is 9.94. The van der Waals surface area contributed by atoms with E-state index in [0.29, 0.717) is 23.1 Å². The smallest absolute Gasteiger partial charge is 0.242 e. The molecule has 0 unspecified atom stereocenters. The van der Waals surface area contributed by atoms with Crippen molar-refractivity contribution < 1.29 is 14.3 Å². The average molecular weight is 426 g/mol. The molecule has 1 heterocycles. The number of ether oxygens (including phenoxy) is 1.